The van der Waals surface area contributed by atoms with E-state index in [-0.39, 0.29) is 18.0 Å². The highest BCUT2D eigenvalue weighted by molar-refractivity contribution is 5.95. The highest BCUT2D eigenvalue weighted by Crippen LogP contribution is 2.23. The third-order valence-electron chi connectivity index (χ3n) is 4.51. The fourth-order valence-electron chi connectivity index (χ4n) is 3.12. The molecule has 0 spiro atoms. The molecule has 1 aliphatic rings. The van der Waals surface area contributed by atoms with E-state index in [0.29, 0.717) is 30.4 Å². The topological polar surface area (TPSA) is 117 Å². The van der Waals surface area contributed by atoms with Gasteiger partial charge in [-0.2, -0.15) is 5.10 Å². The Morgan fingerprint density at radius 3 is 3.04 bits per heavy atom. The van der Waals surface area contributed by atoms with Crippen LogP contribution in [0.25, 0.3) is 11.4 Å². The first-order valence-corrected chi connectivity index (χ1v) is 8.95. The molecule has 1 amide bonds. The molecule has 1 fully saturated rings. The molecule has 1 aromatic carbocycles. The molecule has 0 aliphatic carbocycles. The van der Waals surface area contributed by atoms with Gasteiger partial charge in [0.15, 0.2) is 11.6 Å². The summed E-state index contributed by atoms with van der Waals surface area (Å²) in [6.45, 7) is 0.363. The monoisotopic (exact) mass is 379 g/mol. The number of H-pyrrole nitrogens is 1. The van der Waals surface area contributed by atoms with Crippen molar-refractivity contribution in [1.29, 1.82) is 0 Å². The van der Waals surface area contributed by atoms with E-state index in [2.05, 4.69) is 36.3 Å². The Morgan fingerprint density at radius 2 is 2.21 bits per heavy atom. The summed E-state index contributed by atoms with van der Waals surface area (Å²) in [4.78, 5) is 21.2. The van der Waals surface area contributed by atoms with E-state index >= 15 is 0 Å². The Hall–Kier alpha value is -3.14. The van der Waals surface area contributed by atoms with Crippen LogP contribution in [0.1, 0.15) is 23.9 Å². The van der Waals surface area contributed by atoms with Gasteiger partial charge in [-0.15, -0.1) is 0 Å². The number of pyridine rings is 1. The number of nitrogens with zero attached hydrogens (tertiary/aromatic N) is 3. The summed E-state index contributed by atoms with van der Waals surface area (Å²) in [5.74, 6) is 1.10. The van der Waals surface area contributed by atoms with Crippen molar-refractivity contribution in [3.05, 3.63) is 60.2 Å². The minimum Gasteiger partial charge on any atom is -0.377 e. The van der Waals surface area contributed by atoms with Gasteiger partial charge in [-0.25, -0.2) is 15.8 Å². The number of methoxy groups -OCH3 is 1. The van der Waals surface area contributed by atoms with E-state index in [1.165, 1.54) is 0 Å². The number of benzene rings is 1. The van der Waals surface area contributed by atoms with Gasteiger partial charge in [0.1, 0.15) is 12.6 Å². The summed E-state index contributed by atoms with van der Waals surface area (Å²) in [5, 5.41) is 9.97. The number of carbonyl (C=O) groups excluding carboxylic acids is 1. The van der Waals surface area contributed by atoms with Crippen LogP contribution in [0.3, 0.4) is 0 Å². The average Bonchev–Trinajstić information content (AvgIpc) is 3.39. The van der Waals surface area contributed by atoms with Crippen molar-refractivity contribution >= 4 is 11.6 Å². The van der Waals surface area contributed by atoms with Crippen molar-refractivity contribution in [2.24, 2.45) is 0 Å². The summed E-state index contributed by atoms with van der Waals surface area (Å²) in [6.07, 6.45) is 4.17. The van der Waals surface area contributed by atoms with Crippen LogP contribution in [0.15, 0.2) is 48.8 Å². The van der Waals surface area contributed by atoms with E-state index in [1.54, 1.807) is 19.5 Å². The predicted molar refractivity (Wildman–Crippen MR) is 103 cm³/mol. The van der Waals surface area contributed by atoms with Crippen molar-refractivity contribution in [3.8, 4) is 11.4 Å². The molecule has 4 N–H and O–H groups in total. The second-order valence-corrected chi connectivity index (χ2v) is 6.52. The second-order valence-electron chi connectivity index (χ2n) is 6.52. The zero-order valence-electron chi connectivity index (χ0n) is 15.3. The van der Waals surface area contributed by atoms with Gasteiger partial charge in [0.2, 0.25) is 5.91 Å². The molecule has 2 atom stereocenters. The normalized spacial score (nSPS) is 18.9. The second kappa shape index (κ2) is 8.26. The van der Waals surface area contributed by atoms with Gasteiger partial charge < -0.3 is 10.1 Å². The molecule has 28 heavy (non-hydrogen) atoms. The molecule has 2 unspecified atom stereocenters. The molecular weight excluding hydrogens is 358 g/mol. The van der Waals surface area contributed by atoms with Crippen LogP contribution in [-0.2, 0) is 16.1 Å². The maximum Gasteiger partial charge on any atom is 0.242 e. The lowest BCUT2D eigenvalue weighted by Gasteiger charge is -2.11. The average molecular weight is 379 g/mol. The predicted octanol–water partition coefficient (Wildman–Crippen LogP) is 1.56. The first-order chi connectivity index (χ1) is 13.7. The number of rotatable bonds is 6. The number of nitrogens with one attached hydrogen (secondary N) is 4. The fraction of sp³-hybridized carbons (Fsp3) is 0.263. The summed E-state index contributed by atoms with van der Waals surface area (Å²) >= 11 is 0. The SMILES string of the molecule is COCc1nc(-c2cccc(NC(=O)C3CC(c4cccnc4)NN3)c2)n[nH]1. The Morgan fingerprint density at radius 1 is 1.29 bits per heavy atom. The smallest absolute Gasteiger partial charge is 0.242 e. The highest BCUT2D eigenvalue weighted by atomic mass is 16.5. The van der Waals surface area contributed by atoms with Crippen LogP contribution in [0.5, 0.6) is 0 Å². The molecule has 2 aromatic heterocycles. The van der Waals surface area contributed by atoms with Crippen LogP contribution in [0.2, 0.25) is 0 Å². The fourth-order valence-corrected chi connectivity index (χ4v) is 3.12. The van der Waals surface area contributed by atoms with Gasteiger partial charge in [0.25, 0.3) is 0 Å². The molecule has 9 nitrogen and oxygen atoms in total. The maximum absolute atomic E-state index is 12.6. The Labute approximate surface area is 161 Å². The molecule has 1 saturated heterocycles. The standard InChI is InChI=1S/C19H21N7O2/c1-28-11-17-22-18(26-25-17)12-4-2-6-14(8-12)21-19(27)16-9-15(23-24-16)13-5-3-7-20-10-13/h2-8,10,15-16,23-24H,9,11H2,1H3,(H,21,27)(H,22,25,26). The molecule has 1 aliphatic heterocycles. The molecule has 0 radical (unpaired) electrons. The van der Waals surface area contributed by atoms with Gasteiger partial charge in [-0.05, 0) is 30.2 Å². The lowest BCUT2D eigenvalue weighted by Crippen LogP contribution is -2.39. The third kappa shape index (κ3) is 4.06. The summed E-state index contributed by atoms with van der Waals surface area (Å²) in [7, 11) is 1.60. The van der Waals surface area contributed by atoms with Crippen molar-refractivity contribution in [2.75, 3.05) is 12.4 Å². The largest absolute Gasteiger partial charge is 0.377 e. The summed E-state index contributed by atoms with van der Waals surface area (Å²) < 4.78 is 5.04. The lowest BCUT2D eigenvalue weighted by molar-refractivity contribution is -0.117. The number of hydrazine groups is 1. The van der Waals surface area contributed by atoms with Crippen LogP contribution in [0, 0.1) is 0 Å². The van der Waals surface area contributed by atoms with Crippen molar-refractivity contribution in [3.63, 3.8) is 0 Å². The number of amides is 1. The molecule has 4 rings (SSSR count). The molecule has 3 heterocycles. The zero-order chi connectivity index (χ0) is 19.3. The minimum atomic E-state index is -0.342. The van der Waals surface area contributed by atoms with E-state index in [1.807, 2.05) is 36.4 Å². The van der Waals surface area contributed by atoms with Crippen LogP contribution in [0.4, 0.5) is 5.69 Å². The first-order valence-electron chi connectivity index (χ1n) is 8.95. The summed E-state index contributed by atoms with van der Waals surface area (Å²) in [6, 6.07) is 11.0. The number of ether oxygens (including phenoxy) is 1. The third-order valence-corrected chi connectivity index (χ3v) is 4.51. The van der Waals surface area contributed by atoms with Gasteiger partial charge in [-0.1, -0.05) is 18.2 Å². The number of hydrogen-bond acceptors (Lipinski definition) is 7. The van der Waals surface area contributed by atoms with Crippen molar-refractivity contribution < 1.29 is 9.53 Å². The number of anilines is 1. The van der Waals surface area contributed by atoms with E-state index < -0.39 is 0 Å². The number of aromatic nitrogens is 4. The molecule has 0 saturated carbocycles. The van der Waals surface area contributed by atoms with Crippen molar-refractivity contribution in [1.82, 2.24) is 31.0 Å². The quantitative estimate of drug-likeness (QED) is 0.513. The van der Waals surface area contributed by atoms with E-state index in [0.717, 1.165) is 11.1 Å². The molecule has 144 valence electrons. The lowest BCUT2D eigenvalue weighted by atomic mass is 10.0. The number of carbonyl (C=O) groups is 1. The molecular formula is C19H21N7O2. The van der Waals surface area contributed by atoms with Gasteiger partial charge in [0, 0.05) is 36.8 Å². The minimum absolute atomic E-state index is 0.0447. The maximum atomic E-state index is 12.6. The van der Waals surface area contributed by atoms with Gasteiger partial charge in [0.05, 0.1) is 0 Å². The van der Waals surface area contributed by atoms with Crippen LogP contribution >= 0.6 is 0 Å². The molecule has 9 heteroatoms. The first kappa shape index (κ1) is 18.2. The van der Waals surface area contributed by atoms with Crippen LogP contribution in [-0.4, -0.2) is 39.2 Å². The highest BCUT2D eigenvalue weighted by Gasteiger charge is 2.30. The zero-order valence-corrected chi connectivity index (χ0v) is 15.3. The van der Waals surface area contributed by atoms with E-state index in [9.17, 15) is 4.79 Å². The Kier molecular flexibility index (Phi) is 5.38. The Bertz CT molecular complexity index is 944. The van der Waals surface area contributed by atoms with Gasteiger partial charge >= 0.3 is 0 Å². The number of aromatic amines is 1. The summed E-state index contributed by atoms with van der Waals surface area (Å²) in [5.41, 5.74) is 8.75. The van der Waals surface area contributed by atoms with E-state index in [4.69, 9.17) is 4.74 Å². The van der Waals surface area contributed by atoms with Crippen molar-refractivity contribution in [2.45, 2.75) is 25.1 Å². The molecule has 0 bridgehead atoms. The number of hydrogen-bond donors (Lipinski definition) is 4. The van der Waals surface area contributed by atoms with Crippen LogP contribution < -0.4 is 16.2 Å². The Balaban J connectivity index is 1.41. The van der Waals surface area contributed by atoms with Gasteiger partial charge in [-0.3, -0.25) is 14.9 Å². The molecule has 3 aromatic rings.